The maximum absolute atomic E-state index is 6.05. The summed E-state index contributed by atoms with van der Waals surface area (Å²) in [6, 6.07) is 13.2. The number of rotatable bonds is 2. The van der Waals surface area contributed by atoms with Gasteiger partial charge in [-0.1, -0.05) is 29.3 Å². The van der Waals surface area contributed by atoms with Crippen LogP contribution >= 0.6 is 23.2 Å². The van der Waals surface area contributed by atoms with E-state index in [1.165, 1.54) is 0 Å². The van der Waals surface area contributed by atoms with Crippen molar-refractivity contribution in [3.05, 3.63) is 52.5 Å². The quantitative estimate of drug-likeness (QED) is 0.734. The minimum absolute atomic E-state index is 0.260. The number of hydrogen-bond acceptors (Lipinski definition) is 3. The van der Waals surface area contributed by atoms with Crippen molar-refractivity contribution < 1.29 is 9.47 Å². The molecule has 110 valence electrons. The van der Waals surface area contributed by atoms with E-state index in [1.54, 1.807) is 12.1 Å². The number of benzene rings is 2. The summed E-state index contributed by atoms with van der Waals surface area (Å²) in [5, 5.41) is 8.38. The second-order valence-corrected chi connectivity index (χ2v) is 5.68. The van der Waals surface area contributed by atoms with Crippen molar-refractivity contribution in [3.8, 4) is 34.0 Å². The lowest BCUT2D eigenvalue weighted by molar-refractivity contribution is 0.174. The summed E-state index contributed by atoms with van der Waals surface area (Å²) in [5.74, 6) is 1.50. The third-order valence-electron chi connectivity index (χ3n) is 3.48. The molecular formula is C16H10Cl2N2O2. The molecule has 1 N–H and O–H groups in total. The van der Waals surface area contributed by atoms with Crippen LogP contribution in [0.3, 0.4) is 0 Å². The minimum atomic E-state index is 0.260. The van der Waals surface area contributed by atoms with E-state index in [4.69, 9.17) is 32.7 Å². The third kappa shape index (κ3) is 2.30. The van der Waals surface area contributed by atoms with E-state index in [0.717, 1.165) is 34.0 Å². The first kappa shape index (κ1) is 13.5. The first-order valence-corrected chi connectivity index (χ1v) is 7.37. The van der Waals surface area contributed by atoms with Crippen LogP contribution in [0.5, 0.6) is 11.5 Å². The fourth-order valence-electron chi connectivity index (χ4n) is 2.34. The molecule has 0 atom stereocenters. The van der Waals surface area contributed by atoms with E-state index in [0.29, 0.717) is 10.0 Å². The maximum Gasteiger partial charge on any atom is 0.231 e. The van der Waals surface area contributed by atoms with Gasteiger partial charge in [0.2, 0.25) is 6.79 Å². The van der Waals surface area contributed by atoms with Crippen molar-refractivity contribution >= 4 is 23.2 Å². The summed E-state index contributed by atoms with van der Waals surface area (Å²) in [4.78, 5) is 0. The van der Waals surface area contributed by atoms with Gasteiger partial charge in [-0.25, -0.2) is 0 Å². The molecule has 1 aromatic heterocycles. The standard InChI is InChI=1S/C16H10Cl2N2O2/c17-11-3-1-9(5-12(11)18)13-7-14(20-19-13)10-2-4-15-16(6-10)22-8-21-15/h1-7H,8H2,(H,19,20). The molecule has 4 nitrogen and oxygen atoms in total. The van der Waals surface area contributed by atoms with Crippen LogP contribution in [0, 0.1) is 0 Å². The Balaban J connectivity index is 1.70. The SMILES string of the molecule is Clc1ccc(-c2cc(-c3ccc4c(c3)OCO4)[nH]n2)cc1Cl. The summed E-state index contributed by atoms with van der Waals surface area (Å²) >= 11 is 12.0. The van der Waals surface area contributed by atoms with E-state index in [1.807, 2.05) is 30.3 Å². The van der Waals surface area contributed by atoms with Crippen molar-refractivity contribution in [3.63, 3.8) is 0 Å². The van der Waals surface area contributed by atoms with Crippen LogP contribution < -0.4 is 9.47 Å². The predicted octanol–water partition coefficient (Wildman–Crippen LogP) is 4.78. The highest BCUT2D eigenvalue weighted by molar-refractivity contribution is 6.42. The number of ether oxygens (including phenoxy) is 2. The molecule has 0 spiro atoms. The van der Waals surface area contributed by atoms with Gasteiger partial charge < -0.3 is 9.47 Å². The van der Waals surface area contributed by atoms with Crippen molar-refractivity contribution in [2.75, 3.05) is 6.79 Å². The summed E-state index contributed by atoms with van der Waals surface area (Å²) in [6.07, 6.45) is 0. The van der Waals surface area contributed by atoms with Crippen LogP contribution in [0.25, 0.3) is 22.5 Å². The summed E-state index contributed by atoms with van der Waals surface area (Å²) in [6.45, 7) is 0.260. The highest BCUT2D eigenvalue weighted by atomic mass is 35.5. The average molecular weight is 333 g/mol. The molecule has 2 aromatic carbocycles. The Morgan fingerprint density at radius 1 is 0.864 bits per heavy atom. The fraction of sp³-hybridized carbons (Fsp3) is 0.0625. The number of halogens is 2. The van der Waals surface area contributed by atoms with Crippen molar-refractivity contribution in [2.45, 2.75) is 0 Å². The van der Waals surface area contributed by atoms with Gasteiger partial charge in [0.25, 0.3) is 0 Å². The van der Waals surface area contributed by atoms with E-state index < -0.39 is 0 Å². The molecule has 0 amide bonds. The van der Waals surface area contributed by atoms with Gasteiger partial charge in [-0.3, -0.25) is 5.10 Å². The van der Waals surface area contributed by atoms with Gasteiger partial charge in [0.05, 0.1) is 21.4 Å². The van der Waals surface area contributed by atoms with E-state index >= 15 is 0 Å². The highest BCUT2D eigenvalue weighted by Gasteiger charge is 2.15. The Morgan fingerprint density at radius 3 is 2.55 bits per heavy atom. The molecule has 0 fully saturated rings. The molecule has 0 saturated heterocycles. The molecule has 0 radical (unpaired) electrons. The first-order chi connectivity index (χ1) is 10.7. The Hall–Kier alpha value is -2.17. The Morgan fingerprint density at radius 2 is 1.68 bits per heavy atom. The highest BCUT2D eigenvalue weighted by Crippen LogP contribution is 2.36. The predicted molar refractivity (Wildman–Crippen MR) is 85.6 cm³/mol. The number of hydrogen-bond donors (Lipinski definition) is 1. The smallest absolute Gasteiger partial charge is 0.231 e. The lowest BCUT2D eigenvalue weighted by atomic mass is 10.1. The monoisotopic (exact) mass is 332 g/mol. The first-order valence-electron chi connectivity index (χ1n) is 6.61. The molecule has 0 bridgehead atoms. The number of fused-ring (bicyclic) bond motifs is 1. The van der Waals surface area contributed by atoms with Crippen LogP contribution in [-0.2, 0) is 0 Å². The van der Waals surface area contributed by atoms with Crippen LogP contribution in [0.2, 0.25) is 10.0 Å². The van der Waals surface area contributed by atoms with Gasteiger partial charge in [0.1, 0.15) is 0 Å². The zero-order valence-electron chi connectivity index (χ0n) is 11.3. The zero-order valence-corrected chi connectivity index (χ0v) is 12.8. The molecule has 0 aliphatic carbocycles. The summed E-state index contributed by atoms with van der Waals surface area (Å²) in [7, 11) is 0. The molecule has 1 aliphatic heterocycles. The fourth-order valence-corrected chi connectivity index (χ4v) is 2.64. The number of nitrogens with one attached hydrogen (secondary N) is 1. The minimum Gasteiger partial charge on any atom is -0.454 e. The lowest BCUT2D eigenvalue weighted by Crippen LogP contribution is -1.92. The van der Waals surface area contributed by atoms with Gasteiger partial charge in [0, 0.05) is 11.1 Å². The van der Waals surface area contributed by atoms with E-state index in [2.05, 4.69) is 10.2 Å². The molecule has 2 heterocycles. The van der Waals surface area contributed by atoms with Crippen LogP contribution in [0.15, 0.2) is 42.5 Å². The van der Waals surface area contributed by atoms with Gasteiger partial charge in [-0.2, -0.15) is 5.10 Å². The van der Waals surface area contributed by atoms with Crippen LogP contribution in [0.1, 0.15) is 0 Å². The third-order valence-corrected chi connectivity index (χ3v) is 4.22. The van der Waals surface area contributed by atoms with Crippen molar-refractivity contribution in [1.82, 2.24) is 10.2 Å². The van der Waals surface area contributed by atoms with Gasteiger partial charge in [-0.15, -0.1) is 0 Å². The van der Waals surface area contributed by atoms with Gasteiger partial charge in [-0.05, 0) is 36.4 Å². The van der Waals surface area contributed by atoms with Crippen LogP contribution in [-0.4, -0.2) is 17.0 Å². The molecule has 22 heavy (non-hydrogen) atoms. The number of aromatic amines is 1. The lowest BCUT2D eigenvalue weighted by Gasteiger charge is -2.00. The van der Waals surface area contributed by atoms with Crippen molar-refractivity contribution in [2.24, 2.45) is 0 Å². The molecular weight excluding hydrogens is 323 g/mol. The Labute approximate surface area is 136 Å². The summed E-state index contributed by atoms with van der Waals surface area (Å²) < 4.78 is 10.7. The maximum atomic E-state index is 6.05. The zero-order chi connectivity index (χ0) is 15.1. The Kier molecular flexibility index (Phi) is 3.21. The molecule has 6 heteroatoms. The summed E-state index contributed by atoms with van der Waals surface area (Å²) in [5.41, 5.74) is 3.56. The molecule has 3 aromatic rings. The van der Waals surface area contributed by atoms with Gasteiger partial charge in [0.15, 0.2) is 11.5 Å². The van der Waals surface area contributed by atoms with E-state index in [9.17, 15) is 0 Å². The topological polar surface area (TPSA) is 47.1 Å². The van der Waals surface area contributed by atoms with Gasteiger partial charge >= 0.3 is 0 Å². The largest absolute Gasteiger partial charge is 0.454 e. The molecule has 0 unspecified atom stereocenters. The number of nitrogens with zero attached hydrogens (tertiary/aromatic N) is 1. The molecule has 4 rings (SSSR count). The number of H-pyrrole nitrogens is 1. The van der Waals surface area contributed by atoms with E-state index in [-0.39, 0.29) is 6.79 Å². The van der Waals surface area contributed by atoms with Crippen molar-refractivity contribution in [1.29, 1.82) is 0 Å². The second-order valence-electron chi connectivity index (χ2n) is 4.86. The molecule has 0 saturated carbocycles. The number of aromatic nitrogens is 2. The Bertz CT molecular complexity index is 861. The van der Waals surface area contributed by atoms with Crippen LogP contribution in [0.4, 0.5) is 0 Å². The average Bonchev–Trinajstić information content (AvgIpc) is 3.17. The molecule has 1 aliphatic rings. The second kappa shape index (κ2) is 5.23. The normalized spacial score (nSPS) is 12.6.